The third-order valence-electron chi connectivity index (χ3n) is 8.45. The van der Waals surface area contributed by atoms with Gasteiger partial charge in [-0.2, -0.15) is 23.1 Å². The molecule has 6 atom stereocenters. The van der Waals surface area contributed by atoms with Crippen LogP contribution in [0.5, 0.6) is 0 Å². The molecule has 5 heterocycles. The average molecular weight is 693 g/mol. The number of aryl methyl sites for hydroxylation is 1. The molecule has 49 heavy (non-hydrogen) atoms. The second-order valence-corrected chi connectivity index (χ2v) is 12.1. The smallest absolute Gasteiger partial charge is 0.475 e. The lowest BCUT2D eigenvalue weighted by molar-refractivity contribution is -0.192. The normalized spacial score (nSPS) is 23.1. The Hall–Kier alpha value is -4.36. The quantitative estimate of drug-likeness (QED) is 0.162. The molecule has 3 aromatic heterocycles. The first-order chi connectivity index (χ1) is 23.3. The minimum Gasteiger partial charge on any atom is -0.475 e. The van der Waals surface area contributed by atoms with Gasteiger partial charge in [0.25, 0.3) is 0 Å². The molecule has 4 aromatic rings. The summed E-state index contributed by atoms with van der Waals surface area (Å²) in [5.74, 6) is -1.42. The lowest BCUT2D eigenvalue weighted by Gasteiger charge is -2.23. The zero-order valence-corrected chi connectivity index (χ0v) is 27.0. The fourth-order valence-electron chi connectivity index (χ4n) is 5.68. The highest BCUT2D eigenvalue weighted by molar-refractivity contribution is 5.84. The summed E-state index contributed by atoms with van der Waals surface area (Å²) in [7, 11) is 4.13. The van der Waals surface area contributed by atoms with Gasteiger partial charge in [-0.15, -0.1) is 0 Å². The largest absolute Gasteiger partial charge is 0.490 e. The summed E-state index contributed by atoms with van der Waals surface area (Å²) in [4.78, 5) is 27.6. The molecule has 2 fully saturated rings. The Kier molecular flexibility index (Phi) is 11.0. The Morgan fingerprint density at radius 1 is 1.16 bits per heavy atom. The topological polar surface area (TPSA) is 195 Å². The van der Waals surface area contributed by atoms with E-state index in [1.165, 1.54) is 6.33 Å². The van der Waals surface area contributed by atoms with Crippen LogP contribution in [-0.4, -0.2) is 120 Å². The van der Waals surface area contributed by atoms with Gasteiger partial charge in [0, 0.05) is 25.2 Å². The number of benzene rings is 1. The molecular formula is C31H39F3N8O7. The van der Waals surface area contributed by atoms with Gasteiger partial charge in [0.15, 0.2) is 29.0 Å². The average Bonchev–Trinajstić information content (AvgIpc) is 3.88. The first-order valence-electron chi connectivity index (χ1n) is 15.6. The Labute approximate surface area is 278 Å². The Bertz CT molecular complexity index is 1700. The van der Waals surface area contributed by atoms with Crippen molar-refractivity contribution in [3.63, 3.8) is 0 Å². The zero-order valence-electron chi connectivity index (χ0n) is 27.0. The summed E-state index contributed by atoms with van der Waals surface area (Å²) in [6.07, 6.45) is -5.72. The van der Waals surface area contributed by atoms with Crippen LogP contribution in [0.3, 0.4) is 0 Å². The van der Waals surface area contributed by atoms with Crippen molar-refractivity contribution in [3.05, 3.63) is 59.7 Å². The Balaban J connectivity index is 0.000000606. The predicted octanol–water partition coefficient (Wildman–Crippen LogP) is 2.16. The van der Waals surface area contributed by atoms with E-state index in [9.17, 15) is 28.5 Å². The fourth-order valence-corrected chi connectivity index (χ4v) is 5.68. The number of rotatable bonds is 10. The third kappa shape index (κ3) is 8.10. The van der Waals surface area contributed by atoms with E-state index in [4.69, 9.17) is 29.1 Å². The molecule has 15 nitrogen and oxygen atoms in total. The number of hydrogen-bond acceptors (Lipinski definition) is 13. The van der Waals surface area contributed by atoms with Crippen LogP contribution < -0.4 is 10.2 Å². The van der Waals surface area contributed by atoms with Gasteiger partial charge in [-0.05, 0) is 38.9 Å². The summed E-state index contributed by atoms with van der Waals surface area (Å²) in [6, 6.07) is 11.7. The Morgan fingerprint density at radius 2 is 1.88 bits per heavy atom. The van der Waals surface area contributed by atoms with Crippen LogP contribution in [0.25, 0.3) is 11.2 Å². The number of ether oxygens (including phenoxy) is 1. The molecule has 0 bridgehead atoms. The molecule has 0 aliphatic carbocycles. The number of imidazole rings is 1. The van der Waals surface area contributed by atoms with E-state index in [-0.39, 0.29) is 12.6 Å². The van der Waals surface area contributed by atoms with E-state index in [0.29, 0.717) is 47.6 Å². The molecular weight excluding hydrogens is 653 g/mol. The van der Waals surface area contributed by atoms with E-state index >= 15 is 0 Å². The highest BCUT2D eigenvalue weighted by atomic mass is 19.4. The second-order valence-electron chi connectivity index (χ2n) is 12.1. The van der Waals surface area contributed by atoms with E-state index in [0.717, 1.165) is 30.8 Å². The molecule has 0 unspecified atom stereocenters. The molecule has 2 aliphatic heterocycles. The first-order valence-corrected chi connectivity index (χ1v) is 15.6. The maximum atomic E-state index is 11.1. The highest BCUT2D eigenvalue weighted by Gasteiger charge is 2.47. The van der Waals surface area contributed by atoms with Gasteiger partial charge in [0.2, 0.25) is 5.95 Å². The van der Waals surface area contributed by atoms with Crippen molar-refractivity contribution in [2.24, 2.45) is 0 Å². The monoisotopic (exact) mass is 692 g/mol. The summed E-state index contributed by atoms with van der Waals surface area (Å²) in [6.45, 7) is 3.38. The number of hydrogen-bond donors (Lipinski definition) is 5. The van der Waals surface area contributed by atoms with E-state index < -0.39 is 36.7 Å². The number of fused-ring (bicyclic) bond motifs is 1. The number of carbonyl (C=O) groups is 1. The van der Waals surface area contributed by atoms with Crippen LogP contribution in [0.2, 0.25) is 0 Å². The molecule has 266 valence electrons. The SMILES string of the molecule is CCc1cc([C@H]2O[C@@H](n3cnc4c(N[C@H](CO)Cc5ccccc5)nc(N5CC[C@@H](N(C)C)C5)nc43)[C@H](O)[C@@H]2O)on1.O=C(O)C(F)(F)F. The number of carboxylic acid groups (broad SMARTS) is 1. The van der Waals surface area contributed by atoms with Crippen molar-refractivity contribution in [2.45, 2.75) is 69.0 Å². The lowest BCUT2D eigenvalue weighted by atomic mass is 10.1. The standard InChI is InChI=1S/C29H38N8O5.C2HF3O2/c1-4-18-13-21(42-34-18)25-23(39)24(40)28(41-25)37-16-30-22-26(31-19(15-38)12-17-8-6-5-7-9-17)32-29(33-27(22)37)36-11-10-20(14-36)35(2)3;3-2(4,5)1(6)7/h5-9,13,16,19-20,23-25,28,38-40H,4,10-12,14-15H2,1-3H3,(H,31,32,33);(H,6,7)/t19-,20+,23-,24+,25+,28+;/m0./s1. The zero-order chi connectivity index (χ0) is 35.5. The van der Waals surface area contributed by atoms with E-state index in [1.54, 1.807) is 10.6 Å². The molecule has 0 saturated carbocycles. The number of nitrogens with one attached hydrogen (secondary N) is 1. The molecule has 5 N–H and O–H groups in total. The fraction of sp³-hybridized carbons (Fsp3) is 0.516. The van der Waals surface area contributed by atoms with Crippen LogP contribution in [0.1, 0.15) is 42.7 Å². The van der Waals surface area contributed by atoms with Gasteiger partial charge in [0.05, 0.1) is 24.7 Å². The Morgan fingerprint density at radius 3 is 2.47 bits per heavy atom. The van der Waals surface area contributed by atoms with Crippen LogP contribution in [0, 0.1) is 0 Å². The number of aliphatic hydroxyl groups is 3. The van der Waals surface area contributed by atoms with Crippen molar-refractivity contribution in [1.29, 1.82) is 0 Å². The molecule has 6 rings (SSSR count). The van der Waals surface area contributed by atoms with Crippen LogP contribution >= 0.6 is 0 Å². The maximum absolute atomic E-state index is 11.1. The van der Waals surface area contributed by atoms with Gasteiger partial charge in [-0.1, -0.05) is 42.4 Å². The number of anilines is 2. The van der Waals surface area contributed by atoms with E-state index in [1.807, 2.05) is 37.3 Å². The van der Waals surface area contributed by atoms with Crippen LogP contribution in [-0.2, 0) is 22.4 Å². The van der Waals surface area contributed by atoms with Crippen molar-refractivity contribution in [3.8, 4) is 0 Å². The molecule has 1 aromatic carbocycles. The number of alkyl halides is 3. The summed E-state index contributed by atoms with van der Waals surface area (Å²) < 4.78 is 44.9. The van der Waals surface area contributed by atoms with Gasteiger partial charge in [0.1, 0.15) is 18.3 Å². The maximum Gasteiger partial charge on any atom is 0.490 e. The van der Waals surface area contributed by atoms with Gasteiger partial charge >= 0.3 is 12.1 Å². The number of carboxylic acids is 1. The summed E-state index contributed by atoms with van der Waals surface area (Å²) >= 11 is 0. The number of nitrogens with zero attached hydrogens (tertiary/aromatic N) is 7. The summed E-state index contributed by atoms with van der Waals surface area (Å²) in [5, 5.41) is 46.8. The van der Waals surface area contributed by atoms with Crippen molar-refractivity contribution < 1.29 is 47.7 Å². The highest BCUT2D eigenvalue weighted by Crippen LogP contribution is 2.40. The van der Waals surface area contributed by atoms with Gasteiger partial charge in [-0.25, -0.2) is 9.78 Å². The molecule has 0 spiro atoms. The second kappa shape index (κ2) is 15.0. The number of aliphatic carboxylic acids is 1. The molecule has 2 aliphatic rings. The third-order valence-corrected chi connectivity index (χ3v) is 8.45. The number of halogens is 3. The molecule has 18 heteroatoms. The van der Waals surface area contributed by atoms with Crippen molar-refractivity contribution >= 4 is 28.9 Å². The molecule has 0 amide bonds. The van der Waals surface area contributed by atoms with Crippen LogP contribution in [0.4, 0.5) is 24.9 Å². The van der Waals surface area contributed by atoms with Crippen LogP contribution in [0.15, 0.2) is 47.2 Å². The van der Waals surface area contributed by atoms with Crippen molar-refractivity contribution in [2.75, 3.05) is 44.0 Å². The number of likely N-dealkylation sites (N-methyl/N-ethyl adjacent to an activating group) is 1. The number of aromatic nitrogens is 5. The lowest BCUT2D eigenvalue weighted by Crippen LogP contribution is -2.32. The molecule has 2 saturated heterocycles. The first kappa shape index (κ1) is 35.9. The van der Waals surface area contributed by atoms with Gasteiger partial charge in [-0.3, -0.25) is 4.57 Å². The van der Waals surface area contributed by atoms with E-state index in [2.05, 4.69) is 39.4 Å². The van der Waals surface area contributed by atoms with Crippen molar-refractivity contribution in [1.82, 2.24) is 29.6 Å². The minimum atomic E-state index is -5.08. The molecule has 0 radical (unpaired) electrons. The number of aliphatic hydroxyl groups excluding tert-OH is 3. The predicted molar refractivity (Wildman–Crippen MR) is 169 cm³/mol. The summed E-state index contributed by atoms with van der Waals surface area (Å²) in [5.41, 5.74) is 2.72. The van der Waals surface area contributed by atoms with Gasteiger partial charge < -0.3 is 44.8 Å². The minimum absolute atomic E-state index is 0.113.